The smallest absolute Gasteiger partial charge is 0.359 e. The fourth-order valence-electron chi connectivity index (χ4n) is 4.44. The Kier molecular flexibility index (Phi) is 7.86. The van der Waals surface area contributed by atoms with Gasteiger partial charge in [0.15, 0.2) is 5.69 Å². The molecule has 1 amide bonds. The minimum absolute atomic E-state index is 0.0189. The van der Waals surface area contributed by atoms with Gasteiger partial charge in [-0.2, -0.15) is 9.78 Å². The lowest BCUT2D eigenvalue weighted by molar-refractivity contribution is -0.116. The second-order valence-corrected chi connectivity index (χ2v) is 10.1. The lowest BCUT2D eigenvalue weighted by atomic mass is 9.88. The maximum absolute atomic E-state index is 13.7. The molecule has 0 bridgehead atoms. The van der Waals surface area contributed by atoms with Gasteiger partial charge in [-0.3, -0.25) is 9.59 Å². The van der Waals surface area contributed by atoms with E-state index < -0.39 is 11.5 Å². The van der Waals surface area contributed by atoms with Gasteiger partial charge in [-0.25, -0.2) is 4.79 Å². The molecule has 0 saturated heterocycles. The molecule has 7 nitrogen and oxygen atoms in total. The van der Waals surface area contributed by atoms with Gasteiger partial charge < -0.3 is 10.1 Å². The number of nitrogens with zero attached hydrogens (tertiary/aromatic N) is 2. The molecule has 5 aromatic rings. The van der Waals surface area contributed by atoms with Crippen molar-refractivity contribution in [3.8, 4) is 5.69 Å². The van der Waals surface area contributed by atoms with Crippen molar-refractivity contribution in [3.63, 3.8) is 0 Å². The Morgan fingerprint density at radius 1 is 1.00 bits per heavy atom. The average Bonchev–Trinajstić information content (AvgIpc) is 3.37. The van der Waals surface area contributed by atoms with Crippen LogP contribution in [0.25, 0.3) is 16.5 Å². The molecule has 196 valence electrons. The SMILES string of the molecule is CCOC(=O)c1nn(-c2cccc(Cl)c2)c(=O)c2c(NC(=O)CC(c3ccccc3)c3ccccc3)scc12. The van der Waals surface area contributed by atoms with E-state index in [0.717, 1.165) is 27.1 Å². The van der Waals surface area contributed by atoms with Gasteiger partial charge in [0, 0.05) is 28.1 Å². The molecule has 39 heavy (non-hydrogen) atoms. The van der Waals surface area contributed by atoms with E-state index in [9.17, 15) is 14.4 Å². The Morgan fingerprint density at radius 3 is 2.28 bits per heavy atom. The minimum Gasteiger partial charge on any atom is -0.461 e. The molecule has 0 saturated carbocycles. The van der Waals surface area contributed by atoms with Gasteiger partial charge in [0.1, 0.15) is 5.00 Å². The van der Waals surface area contributed by atoms with Crippen molar-refractivity contribution in [1.82, 2.24) is 9.78 Å². The molecular weight excluding hydrogens is 534 g/mol. The molecule has 0 radical (unpaired) electrons. The first-order valence-corrected chi connectivity index (χ1v) is 13.6. The van der Waals surface area contributed by atoms with Gasteiger partial charge in [0.25, 0.3) is 5.56 Å². The summed E-state index contributed by atoms with van der Waals surface area (Å²) < 4.78 is 6.32. The number of rotatable bonds is 8. The van der Waals surface area contributed by atoms with Crippen LogP contribution in [0.1, 0.15) is 40.9 Å². The predicted molar refractivity (Wildman–Crippen MR) is 154 cm³/mol. The first-order valence-electron chi connectivity index (χ1n) is 12.3. The normalized spacial score (nSPS) is 11.1. The van der Waals surface area contributed by atoms with E-state index in [-0.39, 0.29) is 35.9 Å². The van der Waals surface area contributed by atoms with Crippen LogP contribution >= 0.6 is 22.9 Å². The van der Waals surface area contributed by atoms with E-state index in [4.69, 9.17) is 16.3 Å². The Balaban J connectivity index is 1.55. The number of aromatic nitrogens is 2. The molecule has 2 heterocycles. The molecule has 2 aromatic heterocycles. The summed E-state index contributed by atoms with van der Waals surface area (Å²) in [7, 11) is 0. The summed E-state index contributed by atoms with van der Waals surface area (Å²) in [6.07, 6.45) is 0.158. The summed E-state index contributed by atoms with van der Waals surface area (Å²) >= 11 is 7.32. The number of fused-ring (bicyclic) bond motifs is 1. The molecule has 0 atom stereocenters. The number of anilines is 1. The predicted octanol–water partition coefficient (Wildman–Crippen LogP) is 6.44. The molecule has 1 N–H and O–H groups in total. The van der Waals surface area contributed by atoms with Crippen LogP contribution in [0.2, 0.25) is 5.02 Å². The van der Waals surface area contributed by atoms with Crippen molar-refractivity contribution < 1.29 is 14.3 Å². The first kappa shape index (κ1) is 26.3. The minimum atomic E-state index is -0.665. The van der Waals surface area contributed by atoms with Gasteiger partial charge >= 0.3 is 5.97 Å². The van der Waals surface area contributed by atoms with Gasteiger partial charge in [-0.1, -0.05) is 78.3 Å². The summed E-state index contributed by atoms with van der Waals surface area (Å²) in [5, 5.41) is 10.1. The number of amides is 1. The number of hydrogen-bond acceptors (Lipinski definition) is 6. The van der Waals surface area contributed by atoms with Crippen molar-refractivity contribution in [2.24, 2.45) is 0 Å². The Morgan fingerprint density at radius 2 is 1.67 bits per heavy atom. The quantitative estimate of drug-likeness (QED) is 0.222. The van der Waals surface area contributed by atoms with Gasteiger partial charge in [0.2, 0.25) is 5.91 Å². The zero-order chi connectivity index (χ0) is 27.4. The number of esters is 1. The Hall–Kier alpha value is -4.27. The van der Waals surface area contributed by atoms with Crippen LogP contribution in [-0.2, 0) is 9.53 Å². The number of carbonyl (C=O) groups excluding carboxylic acids is 2. The molecule has 0 aliphatic rings. The highest BCUT2D eigenvalue weighted by Gasteiger charge is 2.24. The Bertz CT molecular complexity index is 1660. The lowest BCUT2D eigenvalue weighted by Crippen LogP contribution is -2.25. The van der Waals surface area contributed by atoms with Crippen LogP contribution in [0.15, 0.2) is 95.1 Å². The lowest BCUT2D eigenvalue weighted by Gasteiger charge is -2.17. The molecule has 0 aliphatic carbocycles. The van der Waals surface area contributed by atoms with E-state index in [1.54, 1.807) is 36.6 Å². The number of ether oxygens (including phenoxy) is 1. The number of benzene rings is 3. The van der Waals surface area contributed by atoms with Crippen LogP contribution in [0, 0.1) is 0 Å². The zero-order valence-electron chi connectivity index (χ0n) is 21.0. The third kappa shape index (κ3) is 5.62. The topological polar surface area (TPSA) is 90.3 Å². The summed E-state index contributed by atoms with van der Waals surface area (Å²) in [6.45, 7) is 1.84. The number of thiophene rings is 1. The van der Waals surface area contributed by atoms with Crippen molar-refractivity contribution in [1.29, 1.82) is 0 Å². The van der Waals surface area contributed by atoms with E-state index >= 15 is 0 Å². The summed E-state index contributed by atoms with van der Waals surface area (Å²) in [5.74, 6) is -1.11. The molecule has 0 unspecified atom stereocenters. The summed E-state index contributed by atoms with van der Waals surface area (Å²) in [4.78, 5) is 39.9. The average molecular weight is 558 g/mol. The summed E-state index contributed by atoms with van der Waals surface area (Å²) in [5.41, 5.74) is 1.89. The molecule has 0 spiro atoms. The molecule has 3 aromatic carbocycles. The van der Waals surface area contributed by atoms with E-state index in [1.807, 2.05) is 60.7 Å². The highest BCUT2D eigenvalue weighted by Crippen LogP contribution is 2.33. The van der Waals surface area contributed by atoms with Crippen molar-refractivity contribution in [2.75, 3.05) is 11.9 Å². The van der Waals surface area contributed by atoms with E-state index in [1.165, 1.54) is 0 Å². The van der Waals surface area contributed by atoms with Crippen LogP contribution in [0.3, 0.4) is 0 Å². The standard InChI is InChI=1S/C30H24ClN3O4S/c1-2-38-30(37)27-24-18-39-28(26(24)29(36)34(33-27)22-15-9-14-21(31)16-22)32-25(35)17-23(19-10-5-3-6-11-19)20-12-7-4-8-13-20/h3-16,18,23H,2,17H2,1H3,(H,32,35). The number of carbonyl (C=O) groups is 2. The monoisotopic (exact) mass is 557 g/mol. The van der Waals surface area contributed by atoms with Crippen molar-refractivity contribution in [2.45, 2.75) is 19.3 Å². The third-order valence-electron chi connectivity index (χ3n) is 6.22. The van der Waals surface area contributed by atoms with Gasteiger partial charge in [0.05, 0.1) is 17.7 Å². The first-order chi connectivity index (χ1) is 19.0. The third-order valence-corrected chi connectivity index (χ3v) is 7.35. The highest BCUT2D eigenvalue weighted by atomic mass is 35.5. The number of nitrogens with one attached hydrogen (secondary N) is 1. The fourth-order valence-corrected chi connectivity index (χ4v) is 5.57. The molecule has 9 heteroatoms. The molecular formula is C30H24ClN3O4S. The molecule has 0 aliphatic heterocycles. The fraction of sp³-hybridized carbons (Fsp3) is 0.133. The highest BCUT2D eigenvalue weighted by molar-refractivity contribution is 7.16. The van der Waals surface area contributed by atoms with Crippen molar-refractivity contribution in [3.05, 3.63) is 123 Å². The maximum Gasteiger partial charge on any atom is 0.359 e. The number of halogens is 1. The second kappa shape index (κ2) is 11.6. The number of hydrogen-bond donors (Lipinski definition) is 1. The van der Waals surface area contributed by atoms with E-state index in [2.05, 4.69) is 10.4 Å². The van der Waals surface area contributed by atoms with Crippen LogP contribution in [0.5, 0.6) is 0 Å². The summed E-state index contributed by atoms with van der Waals surface area (Å²) in [6, 6.07) is 26.2. The zero-order valence-corrected chi connectivity index (χ0v) is 22.5. The van der Waals surface area contributed by atoms with Crippen molar-refractivity contribution >= 4 is 50.6 Å². The van der Waals surface area contributed by atoms with Gasteiger partial charge in [-0.15, -0.1) is 11.3 Å². The van der Waals surface area contributed by atoms with Crippen LogP contribution in [0.4, 0.5) is 5.00 Å². The van der Waals surface area contributed by atoms with Crippen LogP contribution in [-0.4, -0.2) is 28.3 Å². The Labute approximate surface area is 233 Å². The van der Waals surface area contributed by atoms with Crippen LogP contribution < -0.4 is 10.9 Å². The second-order valence-electron chi connectivity index (χ2n) is 8.75. The largest absolute Gasteiger partial charge is 0.461 e. The van der Waals surface area contributed by atoms with Gasteiger partial charge in [-0.05, 0) is 36.2 Å². The molecule has 5 rings (SSSR count). The maximum atomic E-state index is 13.7. The van der Waals surface area contributed by atoms with E-state index in [0.29, 0.717) is 21.1 Å². The molecule has 0 fully saturated rings.